The third-order valence-electron chi connectivity index (χ3n) is 5.38. The predicted octanol–water partition coefficient (Wildman–Crippen LogP) is 2.96. The minimum absolute atomic E-state index is 0.280. The molecule has 6 heteroatoms. The maximum Gasteiger partial charge on any atom is 0.338 e. The number of carbonyl (C=O) groups excluding carboxylic acids is 2. The second-order valence-electron chi connectivity index (χ2n) is 7.47. The van der Waals surface area contributed by atoms with Gasteiger partial charge >= 0.3 is 12.0 Å². The molecule has 1 aromatic rings. The van der Waals surface area contributed by atoms with Crippen molar-refractivity contribution in [2.24, 2.45) is 0 Å². The molecule has 27 heavy (non-hydrogen) atoms. The molecule has 2 N–H and O–H groups in total. The lowest BCUT2D eigenvalue weighted by Gasteiger charge is -2.32. The highest BCUT2D eigenvalue weighted by Gasteiger charge is 2.34. The van der Waals surface area contributed by atoms with Crippen LogP contribution < -0.4 is 10.6 Å². The number of rotatable bonds is 4. The Labute approximate surface area is 161 Å². The number of urea groups is 1. The van der Waals surface area contributed by atoms with Crippen molar-refractivity contribution in [2.75, 3.05) is 26.7 Å². The summed E-state index contributed by atoms with van der Waals surface area (Å²) < 4.78 is 5.08. The highest BCUT2D eigenvalue weighted by Crippen LogP contribution is 2.30. The van der Waals surface area contributed by atoms with E-state index in [2.05, 4.69) is 21.6 Å². The average Bonchev–Trinajstić information content (AvgIpc) is 2.89. The summed E-state index contributed by atoms with van der Waals surface area (Å²) in [6.07, 6.45) is 4.76. The van der Waals surface area contributed by atoms with Gasteiger partial charge in [-0.25, -0.2) is 9.59 Å². The second kappa shape index (κ2) is 8.57. The molecule has 6 nitrogen and oxygen atoms in total. The van der Waals surface area contributed by atoms with Crippen molar-refractivity contribution in [1.82, 2.24) is 15.5 Å². The molecule has 0 aromatic heterocycles. The molecule has 0 aliphatic carbocycles. The number of hydrogen-bond acceptors (Lipinski definition) is 4. The quantitative estimate of drug-likeness (QED) is 0.799. The van der Waals surface area contributed by atoms with Crippen molar-refractivity contribution in [3.05, 3.63) is 46.2 Å². The maximum absolute atomic E-state index is 12.7. The number of nitrogens with one attached hydrogen (secondary N) is 2. The summed E-state index contributed by atoms with van der Waals surface area (Å²) in [7, 11) is 1.38. The standard InChI is InChI=1S/C21H29N3O3/c1-14-8-9-16(15(2)12-14)19-18(20(25)27-3)17(22-21(26)23-19)13-24-10-6-4-5-7-11-24/h8-9,12,19H,4-7,10-11,13H2,1-3H3,(H2,22,23,26)/t19-/m1/s1. The number of ether oxygens (including phenoxy) is 1. The van der Waals surface area contributed by atoms with Gasteiger partial charge < -0.3 is 15.4 Å². The highest BCUT2D eigenvalue weighted by atomic mass is 16.5. The predicted molar refractivity (Wildman–Crippen MR) is 104 cm³/mol. The Hall–Kier alpha value is -2.34. The number of amides is 2. The molecule has 0 bridgehead atoms. The fraction of sp³-hybridized carbons (Fsp3) is 0.524. The van der Waals surface area contributed by atoms with Gasteiger partial charge in [-0.1, -0.05) is 36.6 Å². The van der Waals surface area contributed by atoms with Gasteiger partial charge in [0, 0.05) is 12.2 Å². The summed E-state index contributed by atoms with van der Waals surface area (Å²) in [6.45, 7) is 6.55. The molecule has 0 unspecified atom stereocenters. The molecule has 1 atom stereocenters. The molecule has 2 aliphatic rings. The number of aryl methyl sites for hydroxylation is 2. The van der Waals surface area contributed by atoms with E-state index in [0.29, 0.717) is 17.8 Å². The van der Waals surface area contributed by atoms with Crippen LogP contribution in [0.2, 0.25) is 0 Å². The zero-order valence-corrected chi connectivity index (χ0v) is 16.4. The van der Waals surface area contributed by atoms with E-state index in [1.165, 1.54) is 20.0 Å². The number of esters is 1. The Morgan fingerprint density at radius 3 is 2.52 bits per heavy atom. The number of hydrogen-bond donors (Lipinski definition) is 2. The Kier molecular flexibility index (Phi) is 6.16. The lowest BCUT2D eigenvalue weighted by molar-refractivity contribution is -0.136. The first kappa shape index (κ1) is 19.4. The number of benzene rings is 1. The molecule has 0 spiro atoms. The van der Waals surface area contributed by atoms with Gasteiger partial charge in [-0.15, -0.1) is 0 Å². The molecule has 2 heterocycles. The van der Waals surface area contributed by atoms with Crippen LogP contribution in [0.25, 0.3) is 0 Å². The van der Waals surface area contributed by atoms with Crippen molar-refractivity contribution in [3.63, 3.8) is 0 Å². The van der Waals surface area contributed by atoms with Crippen LogP contribution in [0, 0.1) is 13.8 Å². The number of carbonyl (C=O) groups is 2. The zero-order chi connectivity index (χ0) is 19.4. The molecule has 1 aromatic carbocycles. The van der Waals surface area contributed by atoms with Gasteiger partial charge in [-0.05, 0) is 50.9 Å². The van der Waals surface area contributed by atoms with Crippen LogP contribution >= 0.6 is 0 Å². The van der Waals surface area contributed by atoms with Crippen molar-refractivity contribution in [1.29, 1.82) is 0 Å². The molecule has 2 aliphatic heterocycles. The molecular weight excluding hydrogens is 342 g/mol. The lowest BCUT2D eigenvalue weighted by atomic mass is 9.91. The van der Waals surface area contributed by atoms with Gasteiger partial charge in [-0.3, -0.25) is 4.90 Å². The van der Waals surface area contributed by atoms with Crippen molar-refractivity contribution < 1.29 is 14.3 Å². The topological polar surface area (TPSA) is 70.7 Å². The van der Waals surface area contributed by atoms with Crippen molar-refractivity contribution in [2.45, 2.75) is 45.6 Å². The minimum Gasteiger partial charge on any atom is -0.466 e. The van der Waals surface area contributed by atoms with Crippen LogP contribution in [0.5, 0.6) is 0 Å². The fourth-order valence-corrected chi connectivity index (χ4v) is 3.99. The molecule has 0 saturated carbocycles. The smallest absolute Gasteiger partial charge is 0.338 e. The van der Waals surface area contributed by atoms with E-state index >= 15 is 0 Å². The van der Waals surface area contributed by atoms with Crippen LogP contribution in [0.4, 0.5) is 4.79 Å². The normalized spacial score (nSPS) is 21.3. The second-order valence-corrected chi connectivity index (χ2v) is 7.47. The summed E-state index contributed by atoms with van der Waals surface area (Å²) >= 11 is 0. The summed E-state index contributed by atoms with van der Waals surface area (Å²) in [4.78, 5) is 27.4. The summed E-state index contributed by atoms with van der Waals surface area (Å²) in [5, 5.41) is 5.78. The third-order valence-corrected chi connectivity index (χ3v) is 5.38. The van der Waals surface area contributed by atoms with Gasteiger partial charge in [0.1, 0.15) is 0 Å². The van der Waals surface area contributed by atoms with E-state index in [-0.39, 0.29) is 6.03 Å². The Morgan fingerprint density at radius 1 is 1.19 bits per heavy atom. The SMILES string of the molecule is COC(=O)C1=C(CN2CCCCCC2)NC(=O)N[C@@H]1c1ccc(C)cc1C. The molecule has 1 saturated heterocycles. The molecule has 0 radical (unpaired) electrons. The van der Waals surface area contributed by atoms with Gasteiger partial charge in [-0.2, -0.15) is 0 Å². The molecule has 3 rings (SSSR count). The van der Waals surface area contributed by atoms with E-state index in [4.69, 9.17) is 4.74 Å². The lowest BCUT2D eigenvalue weighted by Crippen LogP contribution is -2.48. The fourth-order valence-electron chi connectivity index (χ4n) is 3.99. The van der Waals surface area contributed by atoms with Gasteiger partial charge in [0.2, 0.25) is 0 Å². The molecule has 146 valence electrons. The van der Waals surface area contributed by atoms with Gasteiger partial charge in [0.05, 0.1) is 18.7 Å². The summed E-state index contributed by atoms with van der Waals surface area (Å²) in [5.74, 6) is -0.405. The average molecular weight is 371 g/mol. The third kappa shape index (κ3) is 4.50. The van der Waals surface area contributed by atoms with Crippen molar-refractivity contribution >= 4 is 12.0 Å². The largest absolute Gasteiger partial charge is 0.466 e. The van der Waals surface area contributed by atoms with Crippen LogP contribution in [-0.2, 0) is 9.53 Å². The van der Waals surface area contributed by atoms with E-state index < -0.39 is 12.0 Å². The Morgan fingerprint density at radius 2 is 1.89 bits per heavy atom. The van der Waals surface area contributed by atoms with Crippen LogP contribution in [0.15, 0.2) is 29.5 Å². The van der Waals surface area contributed by atoms with E-state index in [0.717, 1.165) is 42.6 Å². The number of methoxy groups -OCH3 is 1. The molecular formula is C21H29N3O3. The first-order chi connectivity index (χ1) is 13.0. The van der Waals surface area contributed by atoms with Gasteiger partial charge in [0.25, 0.3) is 0 Å². The first-order valence-electron chi connectivity index (χ1n) is 9.68. The van der Waals surface area contributed by atoms with Gasteiger partial charge in [0.15, 0.2) is 0 Å². The van der Waals surface area contributed by atoms with Crippen LogP contribution in [0.1, 0.15) is 48.4 Å². The van der Waals surface area contributed by atoms with E-state index in [1.54, 1.807) is 0 Å². The Balaban J connectivity index is 2.00. The summed E-state index contributed by atoms with van der Waals surface area (Å²) in [6, 6.07) is 5.26. The number of nitrogens with zero attached hydrogens (tertiary/aromatic N) is 1. The summed E-state index contributed by atoms with van der Waals surface area (Å²) in [5.41, 5.74) is 4.25. The number of likely N-dealkylation sites (tertiary alicyclic amines) is 1. The minimum atomic E-state index is -0.506. The highest BCUT2D eigenvalue weighted by molar-refractivity contribution is 5.95. The van der Waals surface area contributed by atoms with Crippen LogP contribution in [0.3, 0.4) is 0 Å². The van der Waals surface area contributed by atoms with Crippen molar-refractivity contribution in [3.8, 4) is 0 Å². The maximum atomic E-state index is 12.7. The van der Waals surface area contributed by atoms with Crippen LogP contribution in [-0.4, -0.2) is 43.6 Å². The molecule has 1 fully saturated rings. The first-order valence-corrected chi connectivity index (χ1v) is 9.68. The Bertz CT molecular complexity index is 749. The monoisotopic (exact) mass is 371 g/mol. The van der Waals surface area contributed by atoms with E-state index in [9.17, 15) is 9.59 Å². The molecule has 2 amide bonds. The van der Waals surface area contributed by atoms with E-state index in [1.807, 2.05) is 26.0 Å². The zero-order valence-electron chi connectivity index (χ0n) is 16.4.